The summed E-state index contributed by atoms with van der Waals surface area (Å²) in [5, 5.41) is 11.5. The van der Waals surface area contributed by atoms with Crippen molar-refractivity contribution in [3.8, 4) is 5.75 Å². The van der Waals surface area contributed by atoms with Crippen molar-refractivity contribution >= 4 is 0 Å². The van der Waals surface area contributed by atoms with Gasteiger partial charge in [-0.2, -0.15) is 0 Å². The number of rotatable bonds is 6. The highest BCUT2D eigenvalue weighted by Gasteiger charge is 2.17. The van der Waals surface area contributed by atoms with Crippen LogP contribution in [0.15, 0.2) is 30.5 Å². The maximum Gasteiger partial charge on any atom is 0.118 e. The lowest BCUT2D eigenvalue weighted by molar-refractivity contribution is 0.414. The van der Waals surface area contributed by atoms with Crippen LogP contribution >= 0.6 is 0 Å². The van der Waals surface area contributed by atoms with Crippen LogP contribution in [-0.2, 0) is 7.05 Å². The molecule has 0 saturated carbocycles. The van der Waals surface area contributed by atoms with Gasteiger partial charge in [-0.25, -0.2) is 0 Å². The molecule has 2 aromatic rings. The number of benzene rings is 1. The first-order valence-corrected chi connectivity index (χ1v) is 6.48. The van der Waals surface area contributed by atoms with E-state index in [1.807, 2.05) is 19.2 Å². The summed E-state index contributed by atoms with van der Waals surface area (Å²) >= 11 is 0. The van der Waals surface area contributed by atoms with Crippen LogP contribution in [0.2, 0.25) is 0 Å². The molecular weight excluding hydrogens is 240 g/mol. The second-order valence-corrected chi connectivity index (χ2v) is 4.44. The Morgan fingerprint density at radius 2 is 2.05 bits per heavy atom. The Balaban J connectivity index is 2.28. The van der Waals surface area contributed by atoms with Crippen molar-refractivity contribution in [1.82, 2.24) is 20.3 Å². The zero-order chi connectivity index (χ0) is 13.7. The van der Waals surface area contributed by atoms with Crippen LogP contribution < -0.4 is 10.1 Å². The van der Waals surface area contributed by atoms with Gasteiger partial charge in [0.05, 0.1) is 25.0 Å². The highest BCUT2D eigenvalue weighted by atomic mass is 16.5. The Labute approximate surface area is 113 Å². The molecular formula is C14H20N4O. The molecule has 1 heterocycles. The van der Waals surface area contributed by atoms with Gasteiger partial charge in [-0.3, -0.25) is 4.68 Å². The zero-order valence-electron chi connectivity index (χ0n) is 11.6. The number of aryl methyl sites for hydroxylation is 1. The van der Waals surface area contributed by atoms with Gasteiger partial charge in [-0.15, -0.1) is 5.10 Å². The Morgan fingerprint density at radius 1 is 1.32 bits per heavy atom. The molecule has 0 bridgehead atoms. The minimum Gasteiger partial charge on any atom is -0.497 e. The maximum absolute atomic E-state index is 5.19. The third-order valence-corrected chi connectivity index (χ3v) is 3.09. The molecule has 0 aliphatic carbocycles. The molecule has 0 fully saturated rings. The topological polar surface area (TPSA) is 52.0 Å². The van der Waals surface area contributed by atoms with Gasteiger partial charge in [0.2, 0.25) is 0 Å². The molecule has 0 spiro atoms. The first-order chi connectivity index (χ1) is 9.26. The second kappa shape index (κ2) is 6.33. The van der Waals surface area contributed by atoms with Crippen LogP contribution in [0.3, 0.4) is 0 Å². The lowest BCUT2D eigenvalue weighted by Gasteiger charge is -2.19. The predicted molar refractivity (Wildman–Crippen MR) is 74.1 cm³/mol. The van der Waals surface area contributed by atoms with Crippen molar-refractivity contribution in [2.45, 2.75) is 19.4 Å². The van der Waals surface area contributed by atoms with Gasteiger partial charge in [-0.1, -0.05) is 24.3 Å². The maximum atomic E-state index is 5.19. The van der Waals surface area contributed by atoms with E-state index in [1.54, 1.807) is 18.0 Å². The summed E-state index contributed by atoms with van der Waals surface area (Å²) in [5.74, 6) is 0.862. The molecule has 102 valence electrons. The van der Waals surface area contributed by atoms with Gasteiger partial charge in [0.25, 0.3) is 0 Å². The number of nitrogens with one attached hydrogen (secondary N) is 1. The lowest BCUT2D eigenvalue weighted by atomic mass is 10.0. The van der Waals surface area contributed by atoms with Crippen molar-refractivity contribution in [3.05, 3.63) is 41.7 Å². The van der Waals surface area contributed by atoms with Crippen LogP contribution in [0.5, 0.6) is 5.75 Å². The number of ether oxygens (including phenoxy) is 1. The Kier molecular flexibility index (Phi) is 4.52. The van der Waals surface area contributed by atoms with Crippen LogP contribution in [0.25, 0.3) is 0 Å². The molecule has 2 rings (SSSR count). The minimum atomic E-state index is 0.103. The Morgan fingerprint density at radius 3 is 2.58 bits per heavy atom. The molecule has 0 saturated heterocycles. The monoisotopic (exact) mass is 260 g/mol. The summed E-state index contributed by atoms with van der Waals surface area (Å²) < 4.78 is 7.00. The van der Waals surface area contributed by atoms with E-state index in [0.717, 1.165) is 24.4 Å². The molecule has 5 heteroatoms. The smallest absolute Gasteiger partial charge is 0.118 e. The van der Waals surface area contributed by atoms with E-state index < -0.39 is 0 Å². The summed E-state index contributed by atoms with van der Waals surface area (Å²) in [6.45, 7) is 3.10. The summed E-state index contributed by atoms with van der Waals surface area (Å²) in [4.78, 5) is 0. The molecule has 1 unspecified atom stereocenters. The van der Waals surface area contributed by atoms with Crippen molar-refractivity contribution in [2.24, 2.45) is 7.05 Å². The van der Waals surface area contributed by atoms with Crippen LogP contribution in [-0.4, -0.2) is 28.6 Å². The van der Waals surface area contributed by atoms with Gasteiger partial charge in [0.15, 0.2) is 0 Å². The van der Waals surface area contributed by atoms with Gasteiger partial charge >= 0.3 is 0 Å². The van der Waals surface area contributed by atoms with Gasteiger partial charge in [0.1, 0.15) is 5.75 Å². The molecule has 5 nitrogen and oxygen atoms in total. The zero-order valence-corrected chi connectivity index (χ0v) is 11.6. The molecule has 1 atom stereocenters. The second-order valence-electron chi connectivity index (χ2n) is 4.44. The third-order valence-electron chi connectivity index (χ3n) is 3.09. The van der Waals surface area contributed by atoms with E-state index in [0.29, 0.717) is 0 Å². The van der Waals surface area contributed by atoms with E-state index >= 15 is 0 Å². The number of methoxy groups -OCH3 is 1. The average Bonchev–Trinajstić information content (AvgIpc) is 2.86. The predicted octanol–water partition coefficient (Wildman–Crippen LogP) is 1.91. The average molecular weight is 260 g/mol. The van der Waals surface area contributed by atoms with Gasteiger partial charge in [0, 0.05) is 7.05 Å². The number of nitrogens with zero attached hydrogens (tertiary/aromatic N) is 3. The van der Waals surface area contributed by atoms with E-state index in [4.69, 9.17) is 4.74 Å². The molecule has 19 heavy (non-hydrogen) atoms. The highest BCUT2D eigenvalue weighted by molar-refractivity contribution is 5.32. The van der Waals surface area contributed by atoms with Crippen molar-refractivity contribution in [2.75, 3.05) is 13.7 Å². The number of hydrogen-bond acceptors (Lipinski definition) is 4. The van der Waals surface area contributed by atoms with Crippen LogP contribution in [0.4, 0.5) is 0 Å². The molecule has 0 radical (unpaired) electrons. The summed E-state index contributed by atoms with van der Waals surface area (Å²) in [6, 6.07) is 8.18. The molecule has 0 amide bonds. The molecule has 0 aliphatic heterocycles. The minimum absolute atomic E-state index is 0.103. The summed E-state index contributed by atoms with van der Waals surface area (Å²) in [7, 11) is 3.58. The number of hydrogen-bond donors (Lipinski definition) is 1. The van der Waals surface area contributed by atoms with Crippen molar-refractivity contribution in [3.63, 3.8) is 0 Å². The fourth-order valence-corrected chi connectivity index (χ4v) is 2.04. The molecule has 1 aromatic carbocycles. The summed E-state index contributed by atoms with van der Waals surface area (Å²) in [5.41, 5.74) is 2.23. The lowest BCUT2D eigenvalue weighted by Crippen LogP contribution is -2.25. The van der Waals surface area contributed by atoms with E-state index in [-0.39, 0.29) is 6.04 Å². The highest BCUT2D eigenvalue weighted by Crippen LogP contribution is 2.23. The fraction of sp³-hybridized carbons (Fsp3) is 0.429. The third kappa shape index (κ3) is 3.12. The molecule has 1 N–H and O–H groups in total. The normalized spacial score (nSPS) is 12.4. The standard InChI is InChI=1S/C14H20N4O/c1-4-9-15-14(13-10-16-17-18(13)2)11-5-7-12(19-3)8-6-11/h5-8,10,14-15H,4,9H2,1-3H3. The first kappa shape index (κ1) is 13.5. The largest absolute Gasteiger partial charge is 0.497 e. The molecule has 0 aliphatic rings. The van der Waals surface area contributed by atoms with Crippen molar-refractivity contribution < 1.29 is 4.74 Å². The fourth-order valence-electron chi connectivity index (χ4n) is 2.04. The van der Waals surface area contributed by atoms with E-state index in [9.17, 15) is 0 Å². The Bertz CT molecular complexity index is 506. The summed E-state index contributed by atoms with van der Waals surface area (Å²) in [6.07, 6.45) is 2.88. The first-order valence-electron chi connectivity index (χ1n) is 6.48. The van der Waals surface area contributed by atoms with Crippen LogP contribution in [0, 0.1) is 0 Å². The van der Waals surface area contributed by atoms with E-state index in [2.05, 4.69) is 34.7 Å². The Hall–Kier alpha value is -1.88. The van der Waals surface area contributed by atoms with Gasteiger partial charge in [-0.05, 0) is 30.7 Å². The van der Waals surface area contributed by atoms with Crippen molar-refractivity contribution in [1.29, 1.82) is 0 Å². The quantitative estimate of drug-likeness (QED) is 0.862. The van der Waals surface area contributed by atoms with Crippen LogP contribution in [0.1, 0.15) is 30.6 Å². The van der Waals surface area contributed by atoms with E-state index in [1.165, 1.54) is 5.56 Å². The molecule has 1 aromatic heterocycles. The number of aromatic nitrogens is 3. The SMILES string of the molecule is CCCNC(c1ccc(OC)cc1)c1cnnn1C. The van der Waals surface area contributed by atoms with Gasteiger partial charge < -0.3 is 10.1 Å².